The van der Waals surface area contributed by atoms with Crippen LogP contribution in [0.15, 0.2) is 78.9 Å². The van der Waals surface area contributed by atoms with Crippen molar-refractivity contribution in [3.05, 3.63) is 90.2 Å². The molecule has 0 saturated heterocycles. The highest BCUT2D eigenvalue weighted by molar-refractivity contribution is 7.92. The Morgan fingerprint density at radius 3 is 2.08 bits per heavy atom. The topological polar surface area (TPSA) is 96.0 Å². The molecule has 0 aliphatic rings. The van der Waals surface area contributed by atoms with Gasteiger partial charge in [0.15, 0.2) is 0 Å². The molecular formula is C30H36FN3O5S. The zero-order valence-corrected chi connectivity index (χ0v) is 24.0. The molecule has 1 atom stereocenters. The molecule has 2 amide bonds. The molecule has 0 saturated carbocycles. The van der Waals surface area contributed by atoms with Crippen molar-refractivity contribution in [3.8, 4) is 11.5 Å². The molecule has 0 unspecified atom stereocenters. The Labute approximate surface area is 235 Å². The Kier molecular flexibility index (Phi) is 10.7. The number of anilines is 1. The van der Waals surface area contributed by atoms with Crippen LogP contribution in [0.3, 0.4) is 0 Å². The first kappa shape index (κ1) is 30.6. The Balaban J connectivity index is 1.88. The van der Waals surface area contributed by atoms with E-state index in [2.05, 4.69) is 5.32 Å². The fraction of sp³-hybridized carbons (Fsp3) is 0.333. The van der Waals surface area contributed by atoms with E-state index in [0.717, 1.165) is 10.6 Å². The first-order chi connectivity index (χ1) is 19.0. The molecule has 1 N–H and O–H groups in total. The molecule has 3 aromatic rings. The Bertz CT molecular complexity index is 1360. The van der Waals surface area contributed by atoms with E-state index >= 15 is 0 Å². The quantitative estimate of drug-likeness (QED) is 0.314. The lowest BCUT2D eigenvalue weighted by molar-refractivity contribution is -0.140. The molecule has 0 aliphatic carbocycles. The molecule has 214 valence electrons. The van der Waals surface area contributed by atoms with E-state index < -0.39 is 34.3 Å². The van der Waals surface area contributed by atoms with Crippen LogP contribution >= 0.6 is 0 Å². The van der Waals surface area contributed by atoms with E-state index in [9.17, 15) is 22.4 Å². The first-order valence-electron chi connectivity index (χ1n) is 13.1. The molecule has 0 aliphatic heterocycles. The van der Waals surface area contributed by atoms with Crippen LogP contribution in [0.2, 0.25) is 0 Å². The van der Waals surface area contributed by atoms with Crippen molar-refractivity contribution in [2.45, 2.75) is 39.8 Å². The predicted octanol–water partition coefficient (Wildman–Crippen LogP) is 4.96. The summed E-state index contributed by atoms with van der Waals surface area (Å²) in [4.78, 5) is 28.2. The van der Waals surface area contributed by atoms with Gasteiger partial charge in [-0.15, -0.1) is 0 Å². The van der Waals surface area contributed by atoms with Crippen LogP contribution in [0.25, 0.3) is 0 Å². The number of halogens is 1. The molecule has 0 spiro atoms. The van der Waals surface area contributed by atoms with Crippen LogP contribution in [0.5, 0.6) is 11.5 Å². The SMILES string of the molecule is CC[C@@H](C(=O)NCC(C)C)N(Cc1ccc(F)cc1)C(=O)CN(c1ccc(Oc2ccccc2)cc1)S(C)(=O)=O. The molecule has 40 heavy (non-hydrogen) atoms. The Hall–Kier alpha value is -3.92. The number of carbonyl (C=O) groups excluding carboxylic acids is 2. The molecule has 3 aromatic carbocycles. The average Bonchev–Trinajstić information content (AvgIpc) is 2.92. The van der Waals surface area contributed by atoms with Crippen LogP contribution in [-0.2, 0) is 26.2 Å². The van der Waals surface area contributed by atoms with Gasteiger partial charge in [-0.05, 0) is 66.4 Å². The number of para-hydroxylation sites is 1. The van der Waals surface area contributed by atoms with Gasteiger partial charge in [0.1, 0.15) is 29.9 Å². The van der Waals surface area contributed by atoms with Crippen LogP contribution in [0.4, 0.5) is 10.1 Å². The third kappa shape index (κ3) is 8.81. The van der Waals surface area contributed by atoms with Gasteiger partial charge in [0.25, 0.3) is 0 Å². The molecule has 0 fully saturated rings. The van der Waals surface area contributed by atoms with Crippen LogP contribution in [-0.4, -0.2) is 50.5 Å². The Morgan fingerprint density at radius 2 is 1.52 bits per heavy atom. The number of hydrogen-bond donors (Lipinski definition) is 1. The number of amides is 2. The minimum Gasteiger partial charge on any atom is -0.457 e. The van der Waals surface area contributed by atoms with Crippen LogP contribution in [0.1, 0.15) is 32.8 Å². The standard InChI is InChI=1S/C30H36FN3O5S/c1-5-28(30(36)32-19-22(2)3)33(20-23-11-13-24(31)14-12-23)29(35)21-34(40(4,37)38)25-15-17-27(18-16-25)39-26-9-7-6-8-10-26/h6-18,22,28H,5,19-21H2,1-4H3,(H,32,36)/t28-/m0/s1. The van der Waals surface area contributed by atoms with E-state index in [1.165, 1.54) is 29.2 Å². The highest BCUT2D eigenvalue weighted by Crippen LogP contribution is 2.26. The molecule has 0 heterocycles. The fourth-order valence-electron chi connectivity index (χ4n) is 4.05. The van der Waals surface area contributed by atoms with Crippen LogP contribution < -0.4 is 14.4 Å². The van der Waals surface area contributed by atoms with Crippen molar-refractivity contribution in [1.82, 2.24) is 10.2 Å². The number of nitrogens with zero attached hydrogens (tertiary/aromatic N) is 2. The second kappa shape index (κ2) is 13.9. The van der Waals surface area contributed by atoms with E-state index in [0.29, 0.717) is 30.0 Å². The number of benzene rings is 3. The molecule has 3 rings (SSSR count). The van der Waals surface area contributed by atoms with Gasteiger partial charge in [0, 0.05) is 13.1 Å². The van der Waals surface area contributed by atoms with Gasteiger partial charge < -0.3 is 15.0 Å². The van der Waals surface area contributed by atoms with Crippen LogP contribution in [0, 0.1) is 11.7 Å². The van der Waals surface area contributed by atoms with Gasteiger partial charge in [-0.2, -0.15) is 0 Å². The van der Waals surface area contributed by atoms with Gasteiger partial charge in [-0.25, -0.2) is 12.8 Å². The third-order valence-corrected chi connectivity index (χ3v) is 7.26. The van der Waals surface area contributed by atoms with E-state index in [1.807, 2.05) is 32.0 Å². The van der Waals surface area contributed by atoms with Crippen molar-refractivity contribution in [2.75, 3.05) is 23.7 Å². The largest absolute Gasteiger partial charge is 0.457 e. The number of rotatable bonds is 13. The summed E-state index contributed by atoms with van der Waals surface area (Å²) in [5, 5.41) is 2.87. The maximum Gasteiger partial charge on any atom is 0.244 e. The minimum absolute atomic E-state index is 0.00811. The molecule has 0 radical (unpaired) electrons. The number of sulfonamides is 1. The number of nitrogens with one attached hydrogen (secondary N) is 1. The normalized spacial score (nSPS) is 12.1. The highest BCUT2D eigenvalue weighted by Gasteiger charge is 2.31. The smallest absolute Gasteiger partial charge is 0.244 e. The number of hydrogen-bond acceptors (Lipinski definition) is 5. The summed E-state index contributed by atoms with van der Waals surface area (Å²) in [5.41, 5.74) is 0.883. The summed E-state index contributed by atoms with van der Waals surface area (Å²) in [6.07, 6.45) is 1.33. The van der Waals surface area contributed by atoms with Gasteiger partial charge in [-0.1, -0.05) is 51.1 Å². The highest BCUT2D eigenvalue weighted by atomic mass is 32.2. The van der Waals surface area contributed by atoms with Gasteiger partial charge in [0.2, 0.25) is 21.8 Å². The summed E-state index contributed by atoms with van der Waals surface area (Å²) in [6.45, 7) is 5.62. The molecule has 0 aromatic heterocycles. The summed E-state index contributed by atoms with van der Waals surface area (Å²) >= 11 is 0. The lowest BCUT2D eigenvalue weighted by Crippen LogP contribution is -2.52. The second-order valence-electron chi connectivity index (χ2n) is 9.89. The van der Waals surface area contributed by atoms with Crippen molar-refractivity contribution in [1.29, 1.82) is 0 Å². The zero-order chi connectivity index (χ0) is 29.3. The lowest BCUT2D eigenvalue weighted by Gasteiger charge is -2.33. The monoisotopic (exact) mass is 569 g/mol. The van der Waals surface area contributed by atoms with E-state index in [1.54, 1.807) is 43.3 Å². The molecule has 0 bridgehead atoms. The zero-order valence-electron chi connectivity index (χ0n) is 23.2. The predicted molar refractivity (Wildman–Crippen MR) is 154 cm³/mol. The van der Waals surface area contributed by atoms with Gasteiger partial charge in [-0.3, -0.25) is 13.9 Å². The molecule has 8 nitrogen and oxygen atoms in total. The summed E-state index contributed by atoms with van der Waals surface area (Å²) in [7, 11) is -3.88. The van der Waals surface area contributed by atoms with E-state index in [4.69, 9.17) is 4.74 Å². The maximum atomic E-state index is 13.7. The maximum absolute atomic E-state index is 13.7. The summed E-state index contributed by atoms with van der Waals surface area (Å²) in [5.74, 6) is 0.0122. The van der Waals surface area contributed by atoms with Crippen molar-refractivity contribution >= 4 is 27.5 Å². The van der Waals surface area contributed by atoms with Crippen molar-refractivity contribution in [3.63, 3.8) is 0 Å². The van der Waals surface area contributed by atoms with Gasteiger partial charge in [0.05, 0.1) is 11.9 Å². The molecular weight excluding hydrogens is 533 g/mol. The second-order valence-corrected chi connectivity index (χ2v) is 11.8. The third-order valence-electron chi connectivity index (χ3n) is 6.12. The minimum atomic E-state index is -3.88. The fourth-order valence-corrected chi connectivity index (χ4v) is 4.90. The number of ether oxygens (including phenoxy) is 1. The summed E-state index contributed by atoms with van der Waals surface area (Å²) < 4.78 is 45.9. The van der Waals surface area contributed by atoms with Crippen molar-refractivity contribution in [2.24, 2.45) is 5.92 Å². The van der Waals surface area contributed by atoms with Gasteiger partial charge >= 0.3 is 0 Å². The molecule has 10 heteroatoms. The number of carbonyl (C=O) groups is 2. The van der Waals surface area contributed by atoms with E-state index in [-0.39, 0.29) is 24.1 Å². The Morgan fingerprint density at radius 1 is 0.925 bits per heavy atom. The van der Waals surface area contributed by atoms with Crippen molar-refractivity contribution < 1.29 is 27.1 Å². The average molecular weight is 570 g/mol. The lowest BCUT2D eigenvalue weighted by atomic mass is 10.1. The summed E-state index contributed by atoms with van der Waals surface area (Å²) in [6, 6.07) is 20.3. The first-order valence-corrected chi connectivity index (χ1v) is 14.9.